The summed E-state index contributed by atoms with van der Waals surface area (Å²) in [5.41, 5.74) is 6.22. The summed E-state index contributed by atoms with van der Waals surface area (Å²) >= 11 is 6.45. The third-order valence-corrected chi connectivity index (χ3v) is 7.78. The quantitative estimate of drug-likeness (QED) is 0.284. The molecule has 0 fully saturated rings. The predicted octanol–water partition coefficient (Wildman–Crippen LogP) is 5.90. The molecule has 9 heteroatoms. The van der Waals surface area contributed by atoms with Crippen molar-refractivity contribution < 1.29 is 19.1 Å². The van der Waals surface area contributed by atoms with E-state index in [1.54, 1.807) is 13.0 Å². The highest BCUT2D eigenvalue weighted by molar-refractivity contribution is 6.34. The van der Waals surface area contributed by atoms with Crippen molar-refractivity contribution in [1.82, 2.24) is 16.0 Å². The molecule has 0 radical (unpaired) electrons. The van der Waals surface area contributed by atoms with Crippen molar-refractivity contribution in [1.29, 1.82) is 0 Å². The lowest BCUT2D eigenvalue weighted by molar-refractivity contribution is -0.142. The number of esters is 1. The molecule has 4 N–H and O–H groups in total. The Bertz CT molecular complexity index is 1350. The molecule has 2 atom stereocenters. The van der Waals surface area contributed by atoms with Crippen LogP contribution in [0.15, 0.2) is 59.7 Å². The lowest BCUT2D eigenvalue weighted by atomic mass is 9.99. The molecule has 2 aliphatic rings. The highest BCUT2D eigenvalue weighted by atomic mass is 35.5. The molecule has 0 aliphatic heterocycles. The second-order valence-electron chi connectivity index (χ2n) is 10.5. The van der Waals surface area contributed by atoms with Gasteiger partial charge in [0.25, 0.3) is 5.91 Å². The average Bonchev–Trinajstić information content (AvgIpc) is 3.35. The second-order valence-corrected chi connectivity index (χ2v) is 10.9. The van der Waals surface area contributed by atoms with Crippen LogP contribution in [0.5, 0.6) is 0 Å². The van der Waals surface area contributed by atoms with Gasteiger partial charge in [0.05, 0.1) is 30.3 Å². The van der Waals surface area contributed by atoms with E-state index in [9.17, 15) is 14.4 Å². The summed E-state index contributed by atoms with van der Waals surface area (Å²) in [6.45, 7) is 5.90. The molecule has 40 heavy (non-hydrogen) atoms. The Kier molecular flexibility index (Phi) is 9.53. The van der Waals surface area contributed by atoms with Gasteiger partial charge in [-0.1, -0.05) is 55.3 Å². The summed E-state index contributed by atoms with van der Waals surface area (Å²) in [4.78, 5) is 38.6. The highest BCUT2D eigenvalue weighted by Crippen LogP contribution is 2.33. The van der Waals surface area contributed by atoms with Gasteiger partial charge in [-0.25, -0.2) is 9.59 Å². The third-order valence-electron chi connectivity index (χ3n) is 7.47. The summed E-state index contributed by atoms with van der Waals surface area (Å²) in [6.07, 6.45) is 8.10. The molecule has 0 bridgehead atoms. The van der Waals surface area contributed by atoms with E-state index in [2.05, 4.69) is 59.4 Å². The minimum Gasteiger partial charge on any atom is -0.467 e. The molecule has 2 aromatic carbocycles. The number of allylic oxidation sites excluding steroid dienone is 2. The van der Waals surface area contributed by atoms with Gasteiger partial charge in [-0.3, -0.25) is 4.79 Å². The Morgan fingerprint density at radius 2 is 1.93 bits per heavy atom. The summed E-state index contributed by atoms with van der Waals surface area (Å²) in [7, 11) is 1.23. The largest absolute Gasteiger partial charge is 0.467 e. The molecule has 0 heterocycles. The standard InChI is InChI=1S/C31H37ClN4O4/c1-18(2)21-9-7-10-22(16-21)34-25-15-13-24(32)28(19(25)3)29(37)35-27(30(38)40-4)17-33-31(39)36-26-14-12-20-8-5-6-11-23(20)26/h6-7,9-11,13,15-16,18,26-27,34H,5,8,12,14,17H2,1-4H3,(H,35,37)(H2,33,36,39)/t26?,27-/m0/s1. The molecule has 0 aromatic heterocycles. The zero-order chi connectivity index (χ0) is 28.8. The van der Waals surface area contributed by atoms with E-state index < -0.39 is 23.9 Å². The molecule has 212 valence electrons. The first kappa shape index (κ1) is 29.2. The summed E-state index contributed by atoms with van der Waals surface area (Å²) < 4.78 is 4.89. The van der Waals surface area contributed by atoms with Gasteiger partial charge in [0.2, 0.25) is 0 Å². The molecule has 4 rings (SSSR count). The van der Waals surface area contributed by atoms with E-state index in [1.165, 1.54) is 23.8 Å². The molecule has 2 aromatic rings. The lowest BCUT2D eigenvalue weighted by Crippen LogP contribution is -2.52. The fourth-order valence-corrected chi connectivity index (χ4v) is 5.47. The lowest BCUT2D eigenvalue weighted by Gasteiger charge is -2.21. The van der Waals surface area contributed by atoms with Gasteiger partial charge in [0.15, 0.2) is 0 Å². The van der Waals surface area contributed by atoms with Crippen molar-refractivity contribution in [3.8, 4) is 0 Å². The Morgan fingerprint density at radius 1 is 1.12 bits per heavy atom. The number of rotatable bonds is 9. The van der Waals surface area contributed by atoms with Crippen molar-refractivity contribution in [2.24, 2.45) is 0 Å². The topological polar surface area (TPSA) is 109 Å². The Hall–Kier alpha value is -3.78. The first-order valence-electron chi connectivity index (χ1n) is 13.7. The van der Waals surface area contributed by atoms with Gasteiger partial charge < -0.3 is 26.0 Å². The van der Waals surface area contributed by atoms with Gasteiger partial charge in [-0.2, -0.15) is 0 Å². The van der Waals surface area contributed by atoms with E-state index in [1.807, 2.05) is 18.2 Å². The van der Waals surface area contributed by atoms with Crippen LogP contribution in [0.4, 0.5) is 16.2 Å². The number of ether oxygens (including phenoxy) is 1. The molecule has 8 nitrogen and oxygen atoms in total. The van der Waals surface area contributed by atoms with Crippen LogP contribution in [-0.4, -0.2) is 43.6 Å². The summed E-state index contributed by atoms with van der Waals surface area (Å²) in [6, 6.07) is 9.95. The molecule has 0 saturated carbocycles. The molecule has 1 unspecified atom stereocenters. The number of halogens is 1. The number of carbonyl (C=O) groups is 3. The van der Waals surface area contributed by atoms with E-state index in [4.69, 9.17) is 16.3 Å². The Morgan fingerprint density at radius 3 is 2.67 bits per heavy atom. The van der Waals surface area contributed by atoms with Crippen molar-refractivity contribution >= 4 is 40.9 Å². The van der Waals surface area contributed by atoms with Crippen LogP contribution in [0.25, 0.3) is 0 Å². The highest BCUT2D eigenvalue weighted by Gasteiger charge is 2.28. The van der Waals surface area contributed by atoms with Crippen molar-refractivity contribution in [2.45, 2.75) is 64.5 Å². The number of urea groups is 1. The monoisotopic (exact) mass is 564 g/mol. The molecule has 0 saturated heterocycles. The maximum atomic E-state index is 13.4. The van der Waals surface area contributed by atoms with E-state index in [0.717, 1.165) is 31.4 Å². The number of nitrogens with one attached hydrogen (secondary N) is 4. The smallest absolute Gasteiger partial charge is 0.330 e. The minimum absolute atomic E-state index is 0.0596. The summed E-state index contributed by atoms with van der Waals surface area (Å²) in [5.74, 6) is -0.849. The van der Waals surface area contributed by atoms with Crippen LogP contribution in [0, 0.1) is 6.92 Å². The zero-order valence-electron chi connectivity index (χ0n) is 23.4. The van der Waals surface area contributed by atoms with Crippen LogP contribution in [-0.2, 0) is 9.53 Å². The first-order chi connectivity index (χ1) is 19.2. The zero-order valence-corrected chi connectivity index (χ0v) is 24.2. The number of carbonyl (C=O) groups excluding carboxylic acids is 3. The van der Waals surface area contributed by atoms with Crippen LogP contribution >= 0.6 is 11.6 Å². The van der Waals surface area contributed by atoms with Gasteiger partial charge >= 0.3 is 12.0 Å². The van der Waals surface area contributed by atoms with E-state index >= 15 is 0 Å². The second kappa shape index (κ2) is 13.0. The number of amides is 3. The maximum Gasteiger partial charge on any atom is 0.330 e. The number of benzene rings is 2. The molecular formula is C31H37ClN4O4. The Balaban J connectivity index is 1.43. The van der Waals surface area contributed by atoms with Crippen molar-refractivity contribution in [2.75, 3.05) is 19.0 Å². The SMILES string of the molecule is COC(=O)[C@H](CNC(=O)NC1CCC2=C1C=CCC2)NC(=O)c1c(Cl)ccc(Nc2cccc(C(C)C)c2)c1C. The Labute approximate surface area is 240 Å². The maximum absolute atomic E-state index is 13.4. The number of methoxy groups -OCH3 is 1. The van der Waals surface area contributed by atoms with Gasteiger partial charge in [0, 0.05) is 11.4 Å². The van der Waals surface area contributed by atoms with Crippen LogP contribution in [0.3, 0.4) is 0 Å². The van der Waals surface area contributed by atoms with Gasteiger partial charge in [-0.15, -0.1) is 0 Å². The first-order valence-corrected chi connectivity index (χ1v) is 14.0. The van der Waals surface area contributed by atoms with Crippen LogP contribution in [0.2, 0.25) is 5.02 Å². The van der Waals surface area contributed by atoms with Crippen LogP contribution < -0.4 is 21.3 Å². The average molecular weight is 565 g/mol. The minimum atomic E-state index is -1.11. The number of anilines is 2. The summed E-state index contributed by atoms with van der Waals surface area (Å²) in [5, 5.41) is 12.0. The molecule has 2 aliphatic carbocycles. The normalized spacial score (nSPS) is 16.8. The number of hydrogen-bond donors (Lipinski definition) is 4. The van der Waals surface area contributed by atoms with E-state index in [-0.39, 0.29) is 23.2 Å². The van der Waals surface area contributed by atoms with Crippen molar-refractivity contribution in [3.63, 3.8) is 0 Å². The fraction of sp³-hybridized carbons (Fsp3) is 0.387. The molecular weight excluding hydrogens is 528 g/mol. The predicted molar refractivity (Wildman–Crippen MR) is 158 cm³/mol. The fourth-order valence-electron chi connectivity index (χ4n) is 5.18. The van der Waals surface area contributed by atoms with Crippen molar-refractivity contribution in [3.05, 3.63) is 81.4 Å². The van der Waals surface area contributed by atoms with E-state index in [0.29, 0.717) is 17.2 Å². The van der Waals surface area contributed by atoms with Gasteiger partial charge in [-0.05, 0) is 79.5 Å². The molecule has 0 spiro atoms. The van der Waals surface area contributed by atoms with Gasteiger partial charge in [0.1, 0.15) is 6.04 Å². The molecule has 3 amide bonds. The third kappa shape index (κ3) is 6.86. The number of hydrogen-bond acceptors (Lipinski definition) is 5. The van der Waals surface area contributed by atoms with Crippen LogP contribution in [0.1, 0.15) is 66.9 Å².